The number of aromatic nitrogens is 2. The molecule has 0 unspecified atom stereocenters. The minimum absolute atomic E-state index is 0.0769. The van der Waals surface area contributed by atoms with Crippen molar-refractivity contribution in [3.8, 4) is 17.2 Å². The Labute approximate surface area is 92.7 Å². The summed E-state index contributed by atoms with van der Waals surface area (Å²) >= 11 is 0. The molecule has 3 nitrogen and oxygen atoms in total. The maximum absolute atomic E-state index is 13.7. The van der Waals surface area contributed by atoms with Gasteiger partial charge in [-0.2, -0.15) is 10.4 Å². The van der Waals surface area contributed by atoms with Crippen LogP contribution < -0.4 is 0 Å². The first kappa shape index (κ1) is 10.4. The molecule has 0 N–H and O–H groups in total. The normalized spacial score (nSPS) is 10.1. The van der Waals surface area contributed by atoms with Gasteiger partial charge >= 0.3 is 0 Å². The van der Waals surface area contributed by atoms with Gasteiger partial charge in [-0.05, 0) is 12.5 Å². The molecule has 1 aromatic heterocycles. The van der Waals surface area contributed by atoms with Crippen molar-refractivity contribution in [1.82, 2.24) is 9.78 Å². The maximum Gasteiger partial charge on any atom is 0.144 e. The molecule has 16 heavy (non-hydrogen) atoms. The van der Waals surface area contributed by atoms with Crippen molar-refractivity contribution in [3.63, 3.8) is 0 Å². The molecule has 0 saturated carbocycles. The molecule has 0 spiro atoms. The third-order valence-corrected chi connectivity index (χ3v) is 2.46. The molecular formula is C12H10FN3. The Morgan fingerprint density at radius 3 is 2.75 bits per heavy atom. The highest BCUT2D eigenvalue weighted by atomic mass is 19.1. The summed E-state index contributed by atoms with van der Waals surface area (Å²) in [6, 6.07) is 5.31. The van der Waals surface area contributed by atoms with Crippen LogP contribution in [0.3, 0.4) is 0 Å². The lowest BCUT2D eigenvalue weighted by Crippen LogP contribution is -1.92. The fraction of sp³-hybridized carbons (Fsp3) is 0.167. The fourth-order valence-electron chi connectivity index (χ4n) is 1.59. The molecule has 0 aliphatic carbocycles. The molecule has 4 heteroatoms. The smallest absolute Gasteiger partial charge is 0.144 e. The highest BCUT2D eigenvalue weighted by molar-refractivity contribution is 5.70. The molecule has 0 atom stereocenters. The summed E-state index contributed by atoms with van der Waals surface area (Å²) in [7, 11) is 1.78. The van der Waals surface area contributed by atoms with Crippen molar-refractivity contribution in [2.45, 2.75) is 6.92 Å². The van der Waals surface area contributed by atoms with Gasteiger partial charge in [0.25, 0.3) is 0 Å². The van der Waals surface area contributed by atoms with E-state index in [9.17, 15) is 4.39 Å². The zero-order valence-corrected chi connectivity index (χ0v) is 9.03. The number of nitriles is 1. The fourth-order valence-corrected chi connectivity index (χ4v) is 1.59. The summed E-state index contributed by atoms with van der Waals surface area (Å²) in [5.74, 6) is -0.455. The van der Waals surface area contributed by atoms with Gasteiger partial charge in [0.1, 0.15) is 11.9 Å². The second-order valence-corrected chi connectivity index (χ2v) is 3.63. The van der Waals surface area contributed by atoms with E-state index in [1.165, 1.54) is 0 Å². The van der Waals surface area contributed by atoms with Gasteiger partial charge in [-0.15, -0.1) is 0 Å². The topological polar surface area (TPSA) is 41.6 Å². The summed E-state index contributed by atoms with van der Waals surface area (Å²) in [6.45, 7) is 1.64. The zero-order chi connectivity index (χ0) is 11.7. The van der Waals surface area contributed by atoms with Crippen LogP contribution in [0.15, 0.2) is 24.5 Å². The predicted molar refractivity (Wildman–Crippen MR) is 58.1 cm³/mol. The molecule has 0 saturated heterocycles. The first-order valence-corrected chi connectivity index (χ1v) is 4.81. The Morgan fingerprint density at radius 1 is 1.44 bits per heavy atom. The number of aryl methyl sites for hydroxylation is 2. The van der Waals surface area contributed by atoms with E-state index in [0.717, 1.165) is 5.56 Å². The van der Waals surface area contributed by atoms with Crippen LogP contribution in [0.25, 0.3) is 11.1 Å². The zero-order valence-electron chi connectivity index (χ0n) is 9.03. The van der Waals surface area contributed by atoms with Crippen LogP contribution in [-0.2, 0) is 7.05 Å². The van der Waals surface area contributed by atoms with Gasteiger partial charge in [-0.25, -0.2) is 4.39 Å². The van der Waals surface area contributed by atoms with E-state index in [1.54, 1.807) is 43.2 Å². The van der Waals surface area contributed by atoms with E-state index in [0.29, 0.717) is 11.1 Å². The highest BCUT2D eigenvalue weighted by Gasteiger charge is 2.13. The summed E-state index contributed by atoms with van der Waals surface area (Å²) in [5, 5.41) is 13.0. The molecule has 1 heterocycles. The van der Waals surface area contributed by atoms with Crippen LogP contribution >= 0.6 is 0 Å². The Bertz CT molecular complexity index is 578. The second-order valence-electron chi connectivity index (χ2n) is 3.63. The van der Waals surface area contributed by atoms with Crippen molar-refractivity contribution in [3.05, 3.63) is 41.5 Å². The average Bonchev–Trinajstić information content (AvgIpc) is 2.68. The summed E-state index contributed by atoms with van der Waals surface area (Å²) in [6.07, 6.45) is 3.37. The first-order valence-electron chi connectivity index (χ1n) is 4.81. The summed E-state index contributed by atoms with van der Waals surface area (Å²) in [5.41, 5.74) is 1.88. The number of hydrogen-bond acceptors (Lipinski definition) is 2. The van der Waals surface area contributed by atoms with Gasteiger partial charge in [0.2, 0.25) is 0 Å². The molecule has 0 bridgehead atoms. The van der Waals surface area contributed by atoms with Gasteiger partial charge < -0.3 is 0 Å². The van der Waals surface area contributed by atoms with Gasteiger partial charge in [-0.3, -0.25) is 4.68 Å². The second kappa shape index (κ2) is 3.78. The summed E-state index contributed by atoms with van der Waals surface area (Å²) < 4.78 is 15.3. The van der Waals surface area contributed by atoms with Crippen molar-refractivity contribution >= 4 is 0 Å². The highest BCUT2D eigenvalue weighted by Crippen LogP contribution is 2.26. The van der Waals surface area contributed by atoms with Gasteiger partial charge in [-0.1, -0.05) is 12.1 Å². The molecule has 2 aromatic rings. The minimum Gasteiger partial charge on any atom is -0.275 e. The van der Waals surface area contributed by atoms with Crippen molar-refractivity contribution < 1.29 is 4.39 Å². The predicted octanol–water partition coefficient (Wildman–Crippen LogP) is 2.41. The van der Waals surface area contributed by atoms with Crippen molar-refractivity contribution in [2.24, 2.45) is 7.05 Å². The Kier molecular flexibility index (Phi) is 2.45. The molecule has 0 aliphatic rings. The Balaban J connectivity index is 2.67. The Morgan fingerprint density at radius 2 is 2.19 bits per heavy atom. The van der Waals surface area contributed by atoms with Crippen LogP contribution in [0.1, 0.15) is 11.1 Å². The Hall–Kier alpha value is -2.15. The van der Waals surface area contributed by atoms with Crippen LogP contribution in [0.2, 0.25) is 0 Å². The lowest BCUT2D eigenvalue weighted by Gasteiger charge is -2.04. The van der Waals surface area contributed by atoms with E-state index in [1.807, 2.05) is 6.07 Å². The van der Waals surface area contributed by atoms with Crippen molar-refractivity contribution in [1.29, 1.82) is 5.26 Å². The van der Waals surface area contributed by atoms with Gasteiger partial charge in [0.05, 0.1) is 11.8 Å². The largest absolute Gasteiger partial charge is 0.275 e. The van der Waals surface area contributed by atoms with Crippen LogP contribution in [0.5, 0.6) is 0 Å². The van der Waals surface area contributed by atoms with Crippen LogP contribution in [0, 0.1) is 24.1 Å². The summed E-state index contributed by atoms with van der Waals surface area (Å²) in [4.78, 5) is 0. The third-order valence-electron chi connectivity index (χ3n) is 2.46. The molecule has 0 aliphatic heterocycles. The number of halogens is 1. The third kappa shape index (κ3) is 1.57. The van der Waals surface area contributed by atoms with Gasteiger partial charge in [0.15, 0.2) is 0 Å². The molecule has 2 rings (SSSR count). The SMILES string of the molecule is Cc1ccc(-c2cnn(C)c2)c(C#N)c1F. The van der Waals surface area contributed by atoms with E-state index in [4.69, 9.17) is 5.26 Å². The van der Waals surface area contributed by atoms with E-state index in [2.05, 4.69) is 5.10 Å². The number of hydrogen-bond donors (Lipinski definition) is 0. The van der Waals surface area contributed by atoms with Crippen LogP contribution in [0.4, 0.5) is 4.39 Å². The van der Waals surface area contributed by atoms with Crippen LogP contribution in [-0.4, -0.2) is 9.78 Å². The number of nitrogens with zero attached hydrogens (tertiary/aromatic N) is 3. The molecule has 0 radical (unpaired) electrons. The number of rotatable bonds is 1. The minimum atomic E-state index is -0.455. The molecular weight excluding hydrogens is 205 g/mol. The maximum atomic E-state index is 13.7. The standard InChI is InChI=1S/C12H10FN3/c1-8-3-4-10(11(5-14)12(8)13)9-6-15-16(2)7-9/h3-4,6-7H,1-2H3. The van der Waals surface area contributed by atoms with E-state index >= 15 is 0 Å². The van der Waals surface area contributed by atoms with E-state index in [-0.39, 0.29) is 5.56 Å². The van der Waals surface area contributed by atoms with Gasteiger partial charge in [0, 0.05) is 24.4 Å². The molecule has 1 aromatic carbocycles. The first-order chi connectivity index (χ1) is 7.63. The van der Waals surface area contributed by atoms with Crippen molar-refractivity contribution in [2.75, 3.05) is 0 Å². The quantitative estimate of drug-likeness (QED) is 0.733. The molecule has 0 fully saturated rings. The molecule has 0 amide bonds. The number of benzene rings is 1. The average molecular weight is 215 g/mol. The lowest BCUT2D eigenvalue weighted by molar-refractivity contribution is 0.615. The lowest BCUT2D eigenvalue weighted by atomic mass is 10.0. The van der Waals surface area contributed by atoms with E-state index < -0.39 is 5.82 Å². The monoisotopic (exact) mass is 215 g/mol. The molecule has 80 valence electrons.